The van der Waals surface area contributed by atoms with Crippen molar-refractivity contribution in [2.24, 2.45) is 0 Å². The van der Waals surface area contributed by atoms with Crippen LogP contribution in [0.4, 0.5) is 5.69 Å². The fourth-order valence-electron chi connectivity index (χ4n) is 3.27. The molecule has 0 saturated carbocycles. The van der Waals surface area contributed by atoms with E-state index in [9.17, 15) is 4.79 Å². The minimum Gasteiger partial charge on any atom is -0.497 e. The van der Waals surface area contributed by atoms with Crippen LogP contribution in [0.1, 0.15) is 11.1 Å². The van der Waals surface area contributed by atoms with Crippen molar-refractivity contribution in [1.29, 1.82) is 0 Å². The number of nitrogens with one attached hydrogen (secondary N) is 2. The van der Waals surface area contributed by atoms with E-state index in [1.54, 1.807) is 20.3 Å². The van der Waals surface area contributed by atoms with Gasteiger partial charge in [0.05, 0.1) is 21.3 Å². The van der Waals surface area contributed by atoms with Crippen LogP contribution >= 0.6 is 0 Å². The highest BCUT2D eigenvalue weighted by Gasteiger charge is 2.13. The highest BCUT2D eigenvalue weighted by Crippen LogP contribution is 2.28. The van der Waals surface area contributed by atoms with Crippen LogP contribution in [0.5, 0.6) is 17.2 Å². The van der Waals surface area contributed by atoms with E-state index >= 15 is 0 Å². The minimum atomic E-state index is -0.0551. The Labute approximate surface area is 183 Å². The van der Waals surface area contributed by atoms with Gasteiger partial charge < -0.3 is 24.4 Å². The van der Waals surface area contributed by atoms with Crippen LogP contribution in [0.2, 0.25) is 0 Å². The Morgan fingerprint density at radius 2 is 1.68 bits per heavy atom. The third kappa shape index (κ3) is 6.76. The standard InChI is InChI=1S/C25H28N2O4/c1-27(17-25(28)26-21-10-7-11-22(15-21)29-2)16-20-12-13-23(24(14-20)30-3)31-18-19-8-5-4-6-9-19/h4-15H,16-18H2,1-3H3,(H,26,28)/p+1. The summed E-state index contributed by atoms with van der Waals surface area (Å²) in [5, 5.41) is 2.91. The molecular formula is C25H29N2O4+. The quantitative estimate of drug-likeness (QED) is 0.529. The summed E-state index contributed by atoms with van der Waals surface area (Å²) >= 11 is 0. The maximum atomic E-state index is 12.4. The summed E-state index contributed by atoms with van der Waals surface area (Å²) in [7, 11) is 5.22. The first-order chi connectivity index (χ1) is 15.1. The van der Waals surface area contributed by atoms with Crippen molar-refractivity contribution in [3.8, 4) is 17.2 Å². The van der Waals surface area contributed by atoms with Crippen molar-refractivity contribution in [2.75, 3.05) is 33.1 Å². The highest BCUT2D eigenvalue weighted by atomic mass is 16.5. The SMILES string of the molecule is COc1cccc(NC(=O)C[NH+](C)Cc2ccc(OCc3ccccc3)c(OC)c2)c1. The predicted molar refractivity (Wildman–Crippen MR) is 121 cm³/mol. The van der Waals surface area contributed by atoms with Crippen molar-refractivity contribution in [2.45, 2.75) is 13.2 Å². The second-order valence-electron chi connectivity index (χ2n) is 7.35. The molecule has 0 aliphatic carbocycles. The zero-order valence-electron chi connectivity index (χ0n) is 18.2. The first-order valence-electron chi connectivity index (χ1n) is 10.2. The number of likely N-dealkylation sites (N-methyl/N-ethyl adjacent to an activating group) is 1. The molecule has 162 valence electrons. The number of quaternary nitrogens is 1. The first-order valence-corrected chi connectivity index (χ1v) is 10.2. The lowest BCUT2D eigenvalue weighted by Crippen LogP contribution is -3.08. The summed E-state index contributed by atoms with van der Waals surface area (Å²) in [6.45, 7) is 1.50. The summed E-state index contributed by atoms with van der Waals surface area (Å²) in [6.07, 6.45) is 0. The molecule has 6 heteroatoms. The van der Waals surface area contributed by atoms with Crippen molar-refractivity contribution in [1.82, 2.24) is 0 Å². The number of ether oxygens (including phenoxy) is 3. The Morgan fingerprint density at radius 3 is 2.42 bits per heavy atom. The van der Waals surface area contributed by atoms with Crippen LogP contribution in [-0.2, 0) is 17.9 Å². The summed E-state index contributed by atoms with van der Waals surface area (Å²) in [5.74, 6) is 2.03. The van der Waals surface area contributed by atoms with Crippen LogP contribution in [-0.4, -0.2) is 33.7 Å². The molecule has 0 heterocycles. The molecule has 3 aromatic carbocycles. The molecular weight excluding hydrogens is 392 g/mol. The number of hydrogen-bond donors (Lipinski definition) is 2. The largest absolute Gasteiger partial charge is 0.497 e. The van der Waals surface area contributed by atoms with E-state index in [0.717, 1.165) is 21.7 Å². The number of carbonyl (C=O) groups excluding carboxylic acids is 1. The predicted octanol–water partition coefficient (Wildman–Crippen LogP) is 2.94. The van der Waals surface area contributed by atoms with Crippen LogP contribution in [0.15, 0.2) is 72.8 Å². The van der Waals surface area contributed by atoms with Crippen LogP contribution in [0, 0.1) is 0 Å². The van der Waals surface area contributed by atoms with Gasteiger partial charge in [0.1, 0.15) is 18.9 Å². The Morgan fingerprint density at radius 1 is 0.871 bits per heavy atom. The first kappa shape index (κ1) is 22.2. The maximum absolute atomic E-state index is 12.4. The van der Waals surface area contributed by atoms with Gasteiger partial charge in [-0.3, -0.25) is 4.79 Å². The second-order valence-corrected chi connectivity index (χ2v) is 7.35. The van der Waals surface area contributed by atoms with E-state index in [4.69, 9.17) is 14.2 Å². The van der Waals surface area contributed by atoms with Crippen molar-refractivity contribution >= 4 is 11.6 Å². The van der Waals surface area contributed by atoms with E-state index < -0.39 is 0 Å². The third-order valence-electron chi connectivity index (χ3n) is 4.79. The monoisotopic (exact) mass is 421 g/mol. The van der Waals surface area contributed by atoms with Gasteiger partial charge >= 0.3 is 0 Å². The normalized spacial score (nSPS) is 11.5. The van der Waals surface area contributed by atoms with E-state index in [2.05, 4.69) is 5.32 Å². The lowest BCUT2D eigenvalue weighted by molar-refractivity contribution is -0.885. The summed E-state index contributed by atoms with van der Waals surface area (Å²) in [5.41, 5.74) is 2.88. The molecule has 6 nitrogen and oxygen atoms in total. The average Bonchev–Trinajstić information content (AvgIpc) is 2.78. The molecule has 0 spiro atoms. The molecule has 1 amide bonds. The van der Waals surface area contributed by atoms with Gasteiger partial charge in [-0.2, -0.15) is 0 Å². The number of rotatable bonds is 10. The van der Waals surface area contributed by atoms with Crippen molar-refractivity contribution < 1.29 is 23.9 Å². The Kier molecular flexibility index (Phi) is 7.90. The minimum absolute atomic E-state index is 0.0551. The summed E-state index contributed by atoms with van der Waals surface area (Å²) in [4.78, 5) is 13.4. The molecule has 0 fully saturated rings. The van der Waals surface area contributed by atoms with Crippen LogP contribution < -0.4 is 24.4 Å². The molecule has 0 bridgehead atoms. The van der Waals surface area contributed by atoms with Gasteiger partial charge in [-0.1, -0.05) is 36.4 Å². The number of hydrogen-bond acceptors (Lipinski definition) is 4. The Bertz CT molecular complexity index is 992. The number of anilines is 1. The topological polar surface area (TPSA) is 61.2 Å². The Balaban J connectivity index is 1.55. The van der Waals surface area contributed by atoms with Gasteiger partial charge in [0.15, 0.2) is 18.0 Å². The van der Waals surface area contributed by atoms with Gasteiger partial charge in [-0.25, -0.2) is 0 Å². The molecule has 1 atom stereocenters. The van der Waals surface area contributed by atoms with Gasteiger partial charge in [0.25, 0.3) is 5.91 Å². The average molecular weight is 422 g/mol. The van der Waals surface area contributed by atoms with Gasteiger partial charge in [0, 0.05) is 17.3 Å². The molecule has 0 radical (unpaired) electrons. The second kappa shape index (κ2) is 11.0. The molecule has 3 rings (SSSR count). The number of benzene rings is 3. The highest BCUT2D eigenvalue weighted by molar-refractivity contribution is 5.91. The van der Waals surface area contributed by atoms with Gasteiger partial charge in [-0.15, -0.1) is 0 Å². The molecule has 3 aromatic rings. The van der Waals surface area contributed by atoms with Crippen LogP contribution in [0.25, 0.3) is 0 Å². The number of carbonyl (C=O) groups is 1. The zero-order chi connectivity index (χ0) is 22.1. The van der Waals surface area contributed by atoms with Gasteiger partial charge in [0.2, 0.25) is 0 Å². The van der Waals surface area contributed by atoms with Crippen LogP contribution in [0.3, 0.4) is 0 Å². The maximum Gasteiger partial charge on any atom is 0.279 e. The Hall–Kier alpha value is -3.51. The molecule has 1 unspecified atom stereocenters. The molecule has 2 N–H and O–H groups in total. The number of amides is 1. The molecule has 31 heavy (non-hydrogen) atoms. The zero-order valence-corrected chi connectivity index (χ0v) is 18.2. The van der Waals surface area contributed by atoms with E-state index in [0.29, 0.717) is 36.9 Å². The van der Waals surface area contributed by atoms with Crippen molar-refractivity contribution in [3.63, 3.8) is 0 Å². The third-order valence-corrected chi connectivity index (χ3v) is 4.79. The fraction of sp³-hybridized carbons (Fsp3) is 0.240. The number of methoxy groups -OCH3 is 2. The van der Waals surface area contributed by atoms with E-state index in [1.165, 1.54) is 0 Å². The lowest BCUT2D eigenvalue weighted by Gasteiger charge is -2.16. The van der Waals surface area contributed by atoms with Gasteiger partial charge in [-0.05, 0) is 35.9 Å². The van der Waals surface area contributed by atoms with E-state index in [1.807, 2.05) is 73.8 Å². The smallest absolute Gasteiger partial charge is 0.279 e. The molecule has 0 aromatic heterocycles. The summed E-state index contributed by atoms with van der Waals surface area (Å²) < 4.78 is 16.6. The van der Waals surface area contributed by atoms with E-state index in [-0.39, 0.29) is 5.91 Å². The fourth-order valence-corrected chi connectivity index (χ4v) is 3.27. The molecule has 0 saturated heterocycles. The lowest BCUT2D eigenvalue weighted by atomic mass is 10.2. The summed E-state index contributed by atoms with van der Waals surface area (Å²) in [6, 6.07) is 23.2. The molecule has 0 aliphatic heterocycles. The van der Waals surface area contributed by atoms with Crippen molar-refractivity contribution in [3.05, 3.63) is 83.9 Å². The molecule has 0 aliphatic rings.